The third-order valence-corrected chi connectivity index (χ3v) is 7.39. The predicted octanol–water partition coefficient (Wildman–Crippen LogP) is 5.95. The summed E-state index contributed by atoms with van der Waals surface area (Å²) >= 11 is 4.44. The minimum Gasteiger partial charge on any atom is -0.503 e. The Kier molecular flexibility index (Phi) is 5.45. The number of carbonyl (C=O) groups is 3. The Balaban J connectivity index is 1.67. The number of hydrogen-bond acceptors (Lipinski definition) is 7. The highest BCUT2D eigenvalue weighted by Crippen LogP contribution is 2.44. The summed E-state index contributed by atoms with van der Waals surface area (Å²) in [6.07, 6.45) is 0. The van der Waals surface area contributed by atoms with E-state index in [1.54, 1.807) is 49.4 Å². The standard InChI is InChI=1S/C25H17BrN2O5S/c1-12-23(13(2)29)34-25(27-12)28-20(14-7-9-16(26)10-8-14)19(22(31)24(28)32)21(30)18-11-15-5-3-4-6-17(15)33-18/h3-11,20,31H,1-2H3/t20-/m1/s1. The molecule has 170 valence electrons. The second-order valence-corrected chi connectivity index (χ2v) is 9.73. The minimum absolute atomic E-state index is 0.0132. The number of nitrogens with zero attached hydrogens (tertiary/aromatic N) is 2. The van der Waals surface area contributed by atoms with E-state index in [2.05, 4.69) is 20.9 Å². The Morgan fingerprint density at radius 2 is 1.85 bits per heavy atom. The number of ketones is 2. The normalized spacial score (nSPS) is 16.0. The summed E-state index contributed by atoms with van der Waals surface area (Å²) in [4.78, 5) is 45.0. The fourth-order valence-corrected chi connectivity index (χ4v) is 5.29. The Bertz CT molecular complexity index is 1480. The van der Waals surface area contributed by atoms with Crippen molar-refractivity contribution in [2.24, 2.45) is 0 Å². The van der Waals surface area contributed by atoms with Crippen LogP contribution in [-0.4, -0.2) is 27.6 Å². The number of thiazole rings is 1. The topological polar surface area (TPSA) is 101 Å². The zero-order valence-corrected chi connectivity index (χ0v) is 20.4. The monoisotopic (exact) mass is 536 g/mol. The molecular weight excluding hydrogens is 520 g/mol. The van der Waals surface area contributed by atoms with Crippen LogP contribution in [0, 0.1) is 6.92 Å². The lowest BCUT2D eigenvalue weighted by Crippen LogP contribution is -2.31. The molecule has 1 atom stereocenters. The van der Waals surface area contributed by atoms with Gasteiger partial charge >= 0.3 is 0 Å². The molecule has 1 amide bonds. The molecule has 0 fully saturated rings. The number of fused-ring (bicyclic) bond motifs is 1. The highest BCUT2D eigenvalue weighted by molar-refractivity contribution is 9.10. The van der Waals surface area contributed by atoms with E-state index in [-0.39, 0.29) is 22.2 Å². The molecule has 0 saturated carbocycles. The Morgan fingerprint density at radius 3 is 2.50 bits per heavy atom. The third kappa shape index (κ3) is 3.57. The van der Waals surface area contributed by atoms with Crippen LogP contribution < -0.4 is 4.90 Å². The second kappa shape index (κ2) is 8.34. The average Bonchev–Trinajstić information content (AvgIpc) is 3.48. The number of hydrogen-bond donors (Lipinski definition) is 1. The number of halogens is 1. The van der Waals surface area contributed by atoms with Crippen LogP contribution in [0.2, 0.25) is 0 Å². The van der Waals surface area contributed by atoms with E-state index < -0.39 is 23.5 Å². The van der Waals surface area contributed by atoms with E-state index in [4.69, 9.17) is 4.42 Å². The van der Waals surface area contributed by atoms with Crippen molar-refractivity contribution >= 4 is 60.8 Å². The van der Waals surface area contributed by atoms with Crippen molar-refractivity contribution < 1.29 is 23.9 Å². The number of aliphatic hydroxyl groups is 1. The summed E-state index contributed by atoms with van der Waals surface area (Å²) in [5, 5.41) is 11.8. The van der Waals surface area contributed by atoms with Crippen LogP contribution in [-0.2, 0) is 4.79 Å². The van der Waals surface area contributed by atoms with Gasteiger partial charge in [0.05, 0.1) is 22.2 Å². The van der Waals surface area contributed by atoms with Gasteiger partial charge in [0.15, 0.2) is 22.4 Å². The van der Waals surface area contributed by atoms with Crippen LogP contribution in [0.25, 0.3) is 11.0 Å². The van der Waals surface area contributed by atoms with Crippen LogP contribution in [0.3, 0.4) is 0 Å². The summed E-state index contributed by atoms with van der Waals surface area (Å²) in [5.74, 6) is -2.20. The summed E-state index contributed by atoms with van der Waals surface area (Å²) in [6.45, 7) is 3.11. The van der Waals surface area contributed by atoms with Crippen LogP contribution in [0.1, 0.15) is 44.4 Å². The van der Waals surface area contributed by atoms with Crippen LogP contribution >= 0.6 is 27.3 Å². The lowest BCUT2D eigenvalue weighted by Gasteiger charge is -2.24. The molecule has 2 aromatic carbocycles. The van der Waals surface area contributed by atoms with Gasteiger partial charge in [-0.25, -0.2) is 4.98 Å². The number of aryl methyl sites for hydroxylation is 1. The van der Waals surface area contributed by atoms with Crippen LogP contribution in [0.4, 0.5) is 5.13 Å². The number of anilines is 1. The molecule has 9 heteroatoms. The van der Waals surface area contributed by atoms with Gasteiger partial charge in [0.1, 0.15) is 5.58 Å². The van der Waals surface area contributed by atoms with Crippen molar-refractivity contribution in [1.82, 2.24) is 4.98 Å². The van der Waals surface area contributed by atoms with Gasteiger partial charge in [-0.3, -0.25) is 19.3 Å². The highest BCUT2D eigenvalue weighted by atomic mass is 79.9. The summed E-state index contributed by atoms with van der Waals surface area (Å²) in [6, 6.07) is 14.9. The number of amides is 1. The van der Waals surface area contributed by atoms with Gasteiger partial charge < -0.3 is 9.52 Å². The van der Waals surface area contributed by atoms with Gasteiger partial charge in [0.2, 0.25) is 5.78 Å². The number of aliphatic hydroxyl groups excluding tert-OH is 1. The van der Waals surface area contributed by atoms with Crippen LogP contribution in [0.15, 0.2) is 74.8 Å². The fraction of sp³-hybridized carbons (Fsp3) is 0.120. The molecule has 0 bridgehead atoms. The Hall–Kier alpha value is -3.56. The molecule has 7 nitrogen and oxygen atoms in total. The van der Waals surface area contributed by atoms with Crippen molar-refractivity contribution in [3.8, 4) is 0 Å². The maximum absolute atomic E-state index is 13.6. The first-order valence-electron chi connectivity index (χ1n) is 10.3. The molecule has 0 saturated heterocycles. The smallest absolute Gasteiger partial charge is 0.296 e. The van der Waals surface area contributed by atoms with E-state index in [1.165, 1.54) is 11.8 Å². The summed E-state index contributed by atoms with van der Waals surface area (Å²) < 4.78 is 6.55. The molecule has 34 heavy (non-hydrogen) atoms. The molecule has 0 spiro atoms. The van der Waals surface area contributed by atoms with E-state index in [1.807, 2.05) is 12.1 Å². The third-order valence-electron chi connectivity index (χ3n) is 5.60. The minimum atomic E-state index is -0.952. The molecule has 5 rings (SSSR count). The number of para-hydroxylation sites is 1. The first-order chi connectivity index (χ1) is 16.3. The highest BCUT2D eigenvalue weighted by Gasteiger charge is 2.46. The first kappa shape index (κ1) is 22.2. The summed E-state index contributed by atoms with van der Waals surface area (Å²) in [5.41, 5.74) is 1.49. The molecule has 0 aliphatic carbocycles. The zero-order chi connectivity index (χ0) is 24.1. The Labute approximate surface area is 206 Å². The molecule has 1 N–H and O–H groups in total. The molecule has 1 aliphatic rings. The predicted molar refractivity (Wildman–Crippen MR) is 131 cm³/mol. The van der Waals surface area contributed by atoms with Crippen molar-refractivity contribution in [1.29, 1.82) is 0 Å². The maximum Gasteiger partial charge on any atom is 0.296 e. The average molecular weight is 537 g/mol. The van der Waals surface area contributed by atoms with Crippen molar-refractivity contribution in [3.63, 3.8) is 0 Å². The molecule has 2 aromatic heterocycles. The van der Waals surface area contributed by atoms with E-state index >= 15 is 0 Å². The number of carbonyl (C=O) groups excluding carboxylic acids is 3. The SMILES string of the molecule is CC(=O)c1sc(N2C(=O)C(O)=C(C(=O)c3cc4ccccc4o3)[C@H]2c2ccc(Br)cc2)nc1C. The van der Waals surface area contributed by atoms with Gasteiger partial charge in [-0.2, -0.15) is 0 Å². The lowest BCUT2D eigenvalue weighted by molar-refractivity contribution is -0.117. The van der Waals surface area contributed by atoms with Crippen LogP contribution in [0.5, 0.6) is 0 Å². The molecule has 0 radical (unpaired) electrons. The van der Waals surface area contributed by atoms with Gasteiger partial charge in [-0.05, 0) is 36.8 Å². The zero-order valence-electron chi connectivity index (χ0n) is 18.0. The lowest BCUT2D eigenvalue weighted by atomic mass is 9.95. The Morgan fingerprint density at radius 1 is 1.15 bits per heavy atom. The van der Waals surface area contributed by atoms with E-state index in [9.17, 15) is 19.5 Å². The van der Waals surface area contributed by atoms with E-state index in [0.717, 1.165) is 21.2 Å². The van der Waals surface area contributed by atoms with Gasteiger partial charge in [-0.1, -0.05) is 57.6 Å². The van der Waals surface area contributed by atoms with Crippen molar-refractivity contribution in [3.05, 3.63) is 92.3 Å². The maximum atomic E-state index is 13.6. The second-order valence-electron chi connectivity index (χ2n) is 7.84. The molecular formula is C25H17BrN2O5S. The number of furan rings is 1. The number of Topliss-reactive ketones (excluding diaryl/α,β-unsaturated/α-hetero) is 2. The molecule has 3 heterocycles. The summed E-state index contributed by atoms with van der Waals surface area (Å²) in [7, 11) is 0. The number of rotatable bonds is 5. The van der Waals surface area contributed by atoms with Gasteiger partial charge in [-0.15, -0.1) is 0 Å². The quantitative estimate of drug-likeness (QED) is 0.316. The molecule has 0 unspecified atom stereocenters. The van der Waals surface area contributed by atoms with E-state index in [0.29, 0.717) is 21.7 Å². The number of aromatic nitrogens is 1. The van der Waals surface area contributed by atoms with Gasteiger partial charge in [0, 0.05) is 16.8 Å². The molecule has 1 aliphatic heterocycles. The fourth-order valence-electron chi connectivity index (χ4n) is 4.03. The van der Waals surface area contributed by atoms with Crippen molar-refractivity contribution in [2.75, 3.05) is 4.90 Å². The molecule has 4 aromatic rings. The van der Waals surface area contributed by atoms with Gasteiger partial charge in [0.25, 0.3) is 5.91 Å². The largest absolute Gasteiger partial charge is 0.503 e. The van der Waals surface area contributed by atoms with Crippen molar-refractivity contribution in [2.45, 2.75) is 19.9 Å². The first-order valence-corrected chi connectivity index (χ1v) is 11.9. The number of benzene rings is 2.